The lowest BCUT2D eigenvalue weighted by Crippen LogP contribution is -3.12. The minimum Gasteiger partial charge on any atom is -0.396 e. The van der Waals surface area contributed by atoms with Crippen molar-refractivity contribution in [1.82, 2.24) is 0 Å². The van der Waals surface area contributed by atoms with E-state index in [-0.39, 0.29) is 6.61 Å². The van der Waals surface area contributed by atoms with Gasteiger partial charge in [0.2, 0.25) is 0 Å². The molecule has 0 saturated carbocycles. The van der Waals surface area contributed by atoms with Gasteiger partial charge in [0.05, 0.1) is 25.3 Å². The van der Waals surface area contributed by atoms with Gasteiger partial charge in [-0.05, 0) is 25.0 Å². The highest BCUT2D eigenvalue weighted by atomic mass is 19.4. The number of halogens is 3. The van der Waals surface area contributed by atoms with E-state index in [1.54, 1.807) is 12.1 Å². The highest BCUT2D eigenvalue weighted by Crippen LogP contribution is 2.28. The van der Waals surface area contributed by atoms with E-state index in [1.807, 2.05) is 0 Å². The van der Waals surface area contributed by atoms with Crippen LogP contribution >= 0.6 is 0 Å². The van der Waals surface area contributed by atoms with Crippen molar-refractivity contribution in [3.8, 4) is 0 Å². The zero-order chi connectivity index (χ0) is 13.9. The molecule has 1 heterocycles. The lowest BCUT2D eigenvalue weighted by molar-refractivity contribution is -0.922. The van der Waals surface area contributed by atoms with Gasteiger partial charge in [-0.25, -0.2) is 0 Å². The molecule has 1 fully saturated rings. The topological polar surface area (TPSA) is 24.7 Å². The second-order valence-electron chi connectivity index (χ2n) is 5.27. The van der Waals surface area contributed by atoms with Crippen molar-refractivity contribution in [3.63, 3.8) is 0 Å². The SMILES string of the molecule is OC[C@@H]1CCC[NH+](Cc2ccc(C(F)(F)F)cc2)C1. The number of nitrogens with one attached hydrogen (secondary N) is 1. The molecule has 0 amide bonds. The predicted molar refractivity (Wildman–Crippen MR) is 65.7 cm³/mol. The molecule has 5 heteroatoms. The Balaban J connectivity index is 1.96. The molecule has 0 aromatic heterocycles. The lowest BCUT2D eigenvalue weighted by Gasteiger charge is -2.28. The van der Waals surface area contributed by atoms with Crippen LogP contribution in [-0.2, 0) is 12.7 Å². The molecule has 1 unspecified atom stereocenters. The fourth-order valence-corrected chi connectivity index (χ4v) is 2.67. The number of piperidine rings is 1. The van der Waals surface area contributed by atoms with Gasteiger partial charge in [-0.2, -0.15) is 13.2 Å². The third-order valence-corrected chi connectivity index (χ3v) is 3.71. The van der Waals surface area contributed by atoms with E-state index in [2.05, 4.69) is 0 Å². The summed E-state index contributed by atoms with van der Waals surface area (Å²) in [6, 6.07) is 5.39. The maximum absolute atomic E-state index is 12.4. The van der Waals surface area contributed by atoms with Crippen LogP contribution in [0, 0.1) is 5.92 Å². The second kappa shape index (κ2) is 5.92. The molecule has 1 aliphatic heterocycles. The Morgan fingerprint density at radius 3 is 2.47 bits per heavy atom. The molecule has 1 saturated heterocycles. The van der Waals surface area contributed by atoms with Crippen molar-refractivity contribution in [2.24, 2.45) is 5.92 Å². The second-order valence-corrected chi connectivity index (χ2v) is 5.27. The number of likely N-dealkylation sites (tertiary alicyclic amines) is 1. The van der Waals surface area contributed by atoms with Crippen LogP contribution in [0.15, 0.2) is 24.3 Å². The summed E-state index contributed by atoms with van der Waals surface area (Å²) in [5, 5.41) is 9.16. The Morgan fingerprint density at radius 1 is 1.21 bits per heavy atom. The van der Waals surface area contributed by atoms with Crippen LogP contribution in [0.3, 0.4) is 0 Å². The van der Waals surface area contributed by atoms with Gasteiger partial charge in [0, 0.05) is 11.5 Å². The summed E-state index contributed by atoms with van der Waals surface area (Å²) in [6.45, 7) is 2.86. The average Bonchev–Trinajstić information content (AvgIpc) is 2.38. The van der Waals surface area contributed by atoms with Crippen molar-refractivity contribution in [2.75, 3.05) is 19.7 Å². The van der Waals surface area contributed by atoms with Crippen LogP contribution in [0.2, 0.25) is 0 Å². The van der Waals surface area contributed by atoms with E-state index in [0.29, 0.717) is 5.92 Å². The number of rotatable bonds is 3. The summed E-state index contributed by atoms with van der Waals surface area (Å²) in [7, 11) is 0. The smallest absolute Gasteiger partial charge is 0.396 e. The molecule has 19 heavy (non-hydrogen) atoms. The van der Waals surface area contributed by atoms with Gasteiger partial charge in [-0.15, -0.1) is 0 Å². The Kier molecular flexibility index (Phi) is 4.47. The molecule has 1 aliphatic rings. The van der Waals surface area contributed by atoms with E-state index in [0.717, 1.165) is 50.2 Å². The van der Waals surface area contributed by atoms with Crippen LogP contribution < -0.4 is 4.90 Å². The number of quaternary nitrogens is 1. The molecule has 0 radical (unpaired) electrons. The Labute approximate surface area is 110 Å². The molecular weight excluding hydrogens is 255 g/mol. The highest BCUT2D eigenvalue weighted by Gasteiger charge is 2.30. The highest BCUT2D eigenvalue weighted by molar-refractivity contribution is 5.23. The van der Waals surface area contributed by atoms with Crippen LogP contribution in [0.4, 0.5) is 13.2 Å². The van der Waals surface area contributed by atoms with Crippen LogP contribution in [0.25, 0.3) is 0 Å². The van der Waals surface area contributed by atoms with E-state index < -0.39 is 11.7 Å². The molecule has 1 aromatic carbocycles. The molecule has 2 atom stereocenters. The van der Waals surface area contributed by atoms with E-state index in [1.165, 1.54) is 4.90 Å². The zero-order valence-electron chi connectivity index (χ0n) is 10.7. The minimum absolute atomic E-state index is 0.205. The maximum atomic E-state index is 12.4. The fraction of sp³-hybridized carbons (Fsp3) is 0.571. The Hall–Kier alpha value is -1.07. The molecule has 2 nitrogen and oxygen atoms in total. The summed E-state index contributed by atoms with van der Waals surface area (Å²) in [5.41, 5.74) is 0.319. The van der Waals surface area contributed by atoms with Gasteiger partial charge in [0.25, 0.3) is 0 Å². The van der Waals surface area contributed by atoms with Gasteiger partial charge in [0.15, 0.2) is 0 Å². The first kappa shape index (κ1) is 14.3. The molecular formula is C14H19F3NO+. The summed E-state index contributed by atoms with van der Waals surface area (Å²) < 4.78 is 37.3. The molecule has 0 bridgehead atoms. The minimum atomic E-state index is -4.27. The molecule has 0 spiro atoms. The summed E-state index contributed by atoms with van der Waals surface area (Å²) in [6.07, 6.45) is -2.15. The first-order chi connectivity index (χ1) is 8.99. The van der Waals surface area contributed by atoms with E-state index in [4.69, 9.17) is 5.11 Å². The van der Waals surface area contributed by atoms with Gasteiger partial charge >= 0.3 is 6.18 Å². The summed E-state index contributed by atoms with van der Waals surface area (Å²) >= 11 is 0. The van der Waals surface area contributed by atoms with Crippen molar-refractivity contribution in [2.45, 2.75) is 25.6 Å². The number of hydrogen-bond acceptors (Lipinski definition) is 1. The standard InChI is InChI=1S/C14H18F3NO/c15-14(16,17)13-5-3-11(4-6-13)8-18-7-1-2-12(9-18)10-19/h3-6,12,19H,1-2,7-10H2/p+1/t12-/m1/s1. The van der Waals surface area contributed by atoms with Gasteiger partial charge in [-0.3, -0.25) is 0 Å². The van der Waals surface area contributed by atoms with Crippen LogP contribution in [0.5, 0.6) is 0 Å². The molecule has 0 aliphatic carbocycles. The largest absolute Gasteiger partial charge is 0.416 e. The third kappa shape index (κ3) is 3.94. The fourth-order valence-electron chi connectivity index (χ4n) is 2.67. The first-order valence-electron chi connectivity index (χ1n) is 6.59. The van der Waals surface area contributed by atoms with Crippen LogP contribution in [0.1, 0.15) is 24.0 Å². The van der Waals surface area contributed by atoms with Crippen molar-refractivity contribution in [3.05, 3.63) is 35.4 Å². The van der Waals surface area contributed by atoms with Crippen molar-refractivity contribution in [1.29, 1.82) is 0 Å². The average molecular weight is 274 g/mol. The first-order valence-corrected chi connectivity index (χ1v) is 6.59. The molecule has 2 rings (SSSR count). The quantitative estimate of drug-likeness (QED) is 0.857. The molecule has 2 N–H and O–H groups in total. The molecule has 1 aromatic rings. The number of hydrogen-bond donors (Lipinski definition) is 2. The Morgan fingerprint density at radius 2 is 1.89 bits per heavy atom. The predicted octanol–water partition coefficient (Wildman–Crippen LogP) is 1.49. The number of alkyl halides is 3. The third-order valence-electron chi connectivity index (χ3n) is 3.71. The van der Waals surface area contributed by atoms with Gasteiger partial charge in [-0.1, -0.05) is 12.1 Å². The summed E-state index contributed by atoms with van der Waals surface area (Å²) in [5.74, 6) is 0.332. The van der Waals surface area contributed by atoms with Crippen molar-refractivity contribution < 1.29 is 23.2 Å². The van der Waals surface area contributed by atoms with E-state index in [9.17, 15) is 13.2 Å². The van der Waals surface area contributed by atoms with Gasteiger partial charge in [0.1, 0.15) is 6.54 Å². The number of aliphatic hydroxyl groups is 1. The number of aliphatic hydroxyl groups excluding tert-OH is 1. The Bertz CT molecular complexity index is 402. The number of benzene rings is 1. The molecule has 106 valence electrons. The normalized spacial score (nSPS) is 24.4. The lowest BCUT2D eigenvalue weighted by atomic mass is 9.98. The summed E-state index contributed by atoms with van der Waals surface area (Å²) in [4.78, 5) is 1.34. The van der Waals surface area contributed by atoms with Crippen molar-refractivity contribution >= 4 is 0 Å². The maximum Gasteiger partial charge on any atom is 0.416 e. The zero-order valence-corrected chi connectivity index (χ0v) is 10.7. The van der Waals surface area contributed by atoms with Crippen LogP contribution in [-0.4, -0.2) is 24.8 Å². The monoisotopic (exact) mass is 274 g/mol. The van der Waals surface area contributed by atoms with Gasteiger partial charge < -0.3 is 10.0 Å². The van der Waals surface area contributed by atoms with E-state index >= 15 is 0 Å².